The molecule has 0 unspecified atom stereocenters. The standard InChI is InChI=1S/C18H14ClN3O3/c1-10-9-20-18(19)22-16(10)11-2-4-12(5-3-11)21-17(25)14-7-6-13(23)8-15(14)24/h2-9,23-24H,1H3,(H,21,25). The third kappa shape index (κ3) is 3.70. The van der Waals surface area contributed by atoms with E-state index < -0.39 is 5.91 Å². The van der Waals surface area contributed by atoms with Gasteiger partial charge in [-0.3, -0.25) is 4.79 Å². The maximum Gasteiger partial charge on any atom is 0.259 e. The molecule has 3 rings (SSSR count). The molecule has 0 spiro atoms. The van der Waals surface area contributed by atoms with Crippen LogP contribution in [0.3, 0.4) is 0 Å². The number of aromatic nitrogens is 2. The molecule has 0 atom stereocenters. The lowest BCUT2D eigenvalue weighted by Crippen LogP contribution is -2.11. The Morgan fingerprint density at radius 3 is 2.52 bits per heavy atom. The number of nitrogens with one attached hydrogen (secondary N) is 1. The van der Waals surface area contributed by atoms with E-state index >= 15 is 0 Å². The van der Waals surface area contributed by atoms with Gasteiger partial charge in [-0.25, -0.2) is 9.97 Å². The number of phenolic OH excluding ortho intramolecular Hbond substituents is 2. The SMILES string of the molecule is Cc1cnc(Cl)nc1-c1ccc(NC(=O)c2ccc(O)cc2O)cc1. The number of rotatable bonds is 3. The lowest BCUT2D eigenvalue weighted by Gasteiger charge is -2.09. The second-order valence-electron chi connectivity index (χ2n) is 5.40. The van der Waals surface area contributed by atoms with Gasteiger partial charge < -0.3 is 15.5 Å². The Kier molecular flexibility index (Phi) is 4.54. The molecule has 1 heterocycles. The minimum atomic E-state index is -0.480. The van der Waals surface area contributed by atoms with Gasteiger partial charge in [0.1, 0.15) is 11.5 Å². The number of hydrogen-bond donors (Lipinski definition) is 3. The van der Waals surface area contributed by atoms with Crippen molar-refractivity contribution in [3.8, 4) is 22.8 Å². The van der Waals surface area contributed by atoms with Crippen molar-refractivity contribution in [3.63, 3.8) is 0 Å². The summed E-state index contributed by atoms with van der Waals surface area (Å²) < 4.78 is 0. The van der Waals surface area contributed by atoms with Crippen LogP contribution < -0.4 is 5.32 Å². The van der Waals surface area contributed by atoms with Crippen LogP contribution in [0.5, 0.6) is 11.5 Å². The first-order valence-electron chi connectivity index (χ1n) is 7.37. The second-order valence-corrected chi connectivity index (χ2v) is 5.74. The molecule has 6 nitrogen and oxygen atoms in total. The van der Waals surface area contributed by atoms with E-state index in [9.17, 15) is 15.0 Å². The van der Waals surface area contributed by atoms with Crippen LogP contribution in [0.1, 0.15) is 15.9 Å². The van der Waals surface area contributed by atoms with Crippen LogP contribution in [0.15, 0.2) is 48.7 Å². The molecule has 0 saturated carbocycles. The molecule has 25 heavy (non-hydrogen) atoms. The fraction of sp³-hybridized carbons (Fsp3) is 0.0556. The van der Waals surface area contributed by atoms with E-state index in [0.717, 1.165) is 17.2 Å². The largest absolute Gasteiger partial charge is 0.508 e. The summed E-state index contributed by atoms with van der Waals surface area (Å²) in [5.74, 6) is -0.885. The van der Waals surface area contributed by atoms with Crippen LogP contribution in [-0.2, 0) is 0 Å². The van der Waals surface area contributed by atoms with E-state index in [0.29, 0.717) is 11.4 Å². The fourth-order valence-electron chi connectivity index (χ4n) is 2.33. The average molecular weight is 356 g/mol. The molecular weight excluding hydrogens is 342 g/mol. The van der Waals surface area contributed by atoms with Gasteiger partial charge >= 0.3 is 0 Å². The van der Waals surface area contributed by atoms with Gasteiger partial charge in [-0.15, -0.1) is 0 Å². The van der Waals surface area contributed by atoms with E-state index in [1.165, 1.54) is 12.1 Å². The van der Waals surface area contributed by atoms with Gasteiger partial charge in [0, 0.05) is 23.5 Å². The van der Waals surface area contributed by atoms with Crippen LogP contribution >= 0.6 is 11.6 Å². The maximum absolute atomic E-state index is 12.2. The summed E-state index contributed by atoms with van der Waals surface area (Å²) in [7, 11) is 0. The van der Waals surface area contributed by atoms with Gasteiger partial charge in [-0.2, -0.15) is 0 Å². The quantitative estimate of drug-likeness (QED) is 0.621. The number of carbonyl (C=O) groups excluding carboxylic acids is 1. The van der Waals surface area contributed by atoms with Gasteiger partial charge in [-0.1, -0.05) is 12.1 Å². The number of aryl methyl sites for hydroxylation is 1. The van der Waals surface area contributed by atoms with Crippen molar-refractivity contribution in [2.45, 2.75) is 6.92 Å². The lowest BCUT2D eigenvalue weighted by atomic mass is 10.1. The topological polar surface area (TPSA) is 95.3 Å². The minimum Gasteiger partial charge on any atom is -0.508 e. The van der Waals surface area contributed by atoms with Crippen molar-refractivity contribution in [3.05, 3.63) is 65.1 Å². The highest BCUT2D eigenvalue weighted by Gasteiger charge is 2.12. The van der Waals surface area contributed by atoms with Crippen molar-refractivity contribution in [2.75, 3.05) is 5.32 Å². The molecular formula is C18H14ClN3O3. The molecule has 0 radical (unpaired) electrons. The Morgan fingerprint density at radius 2 is 1.84 bits per heavy atom. The molecule has 0 aliphatic heterocycles. The molecule has 3 N–H and O–H groups in total. The Balaban J connectivity index is 1.81. The summed E-state index contributed by atoms with van der Waals surface area (Å²) in [6, 6.07) is 10.8. The van der Waals surface area contributed by atoms with Crippen LogP contribution in [0, 0.1) is 6.92 Å². The van der Waals surface area contributed by atoms with Crippen LogP contribution in [0.2, 0.25) is 5.28 Å². The number of nitrogens with zero attached hydrogens (tertiary/aromatic N) is 2. The monoisotopic (exact) mass is 355 g/mol. The molecule has 0 aliphatic rings. The van der Waals surface area contributed by atoms with Crippen LogP contribution in [0.4, 0.5) is 5.69 Å². The smallest absolute Gasteiger partial charge is 0.259 e. The lowest BCUT2D eigenvalue weighted by molar-refractivity contribution is 0.102. The first-order chi connectivity index (χ1) is 11.9. The van der Waals surface area contributed by atoms with Crippen molar-refractivity contribution >= 4 is 23.2 Å². The molecule has 1 aromatic heterocycles. The number of aromatic hydroxyl groups is 2. The van der Waals surface area contributed by atoms with E-state index in [4.69, 9.17) is 11.6 Å². The normalized spacial score (nSPS) is 10.5. The summed E-state index contributed by atoms with van der Waals surface area (Å²) in [5.41, 5.74) is 3.07. The predicted molar refractivity (Wildman–Crippen MR) is 94.9 cm³/mol. The Labute approximate surface area is 148 Å². The number of halogens is 1. The average Bonchev–Trinajstić information content (AvgIpc) is 2.57. The molecule has 0 saturated heterocycles. The van der Waals surface area contributed by atoms with Gasteiger partial charge in [0.2, 0.25) is 5.28 Å². The van der Waals surface area contributed by atoms with E-state index in [1.54, 1.807) is 30.5 Å². The van der Waals surface area contributed by atoms with Crippen molar-refractivity contribution in [1.82, 2.24) is 9.97 Å². The highest BCUT2D eigenvalue weighted by Crippen LogP contribution is 2.26. The number of amides is 1. The highest BCUT2D eigenvalue weighted by molar-refractivity contribution is 6.28. The molecule has 0 fully saturated rings. The third-order valence-corrected chi connectivity index (χ3v) is 3.77. The minimum absolute atomic E-state index is 0.0697. The summed E-state index contributed by atoms with van der Waals surface area (Å²) in [5, 5.41) is 21.9. The number of benzene rings is 2. The zero-order valence-corrected chi connectivity index (χ0v) is 13.9. The highest BCUT2D eigenvalue weighted by atomic mass is 35.5. The number of anilines is 1. The number of hydrogen-bond acceptors (Lipinski definition) is 5. The van der Waals surface area contributed by atoms with Crippen LogP contribution in [-0.4, -0.2) is 26.1 Å². The third-order valence-electron chi connectivity index (χ3n) is 3.58. The number of phenols is 2. The van der Waals surface area contributed by atoms with Crippen molar-refractivity contribution in [1.29, 1.82) is 0 Å². The molecule has 3 aromatic rings. The molecule has 0 aliphatic carbocycles. The molecule has 1 amide bonds. The van der Waals surface area contributed by atoms with Crippen molar-refractivity contribution < 1.29 is 15.0 Å². The van der Waals surface area contributed by atoms with Gasteiger partial charge in [0.05, 0.1) is 11.3 Å². The zero-order chi connectivity index (χ0) is 18.0. The summed E-state index contributed by atoms with van der Waals surface area (Å²) in [6.45, 7) is 1.88. The Bertz CT molecular complexity index is 943. The zero-order valence-electron chi connectivity index (χ0n) is 13.2. The molecule has 126 valence electrons. The fourth-order valence-corrected chi connectivity index (χ4v) is 2.47. The first kappa shape index (κ1) is 16.7. The summed E-state index contributed by atoms with van der Waals surface area (Å²) in [4.78, 5) is 20.3. The molecule has 2 aromatic carbocycles. The van der Waals surface area contributed by atoms with E-state index in [-0.39, 0.29) is 22.3 Å². The van der Waals surface area contributed by atoms with E-state index in [2.05, 4.69) is 15.3 Å². The predicted octanol–water partition coefficient (Wildman–Crippen LogP) is 3.77. The van der Waals surface area contributed by atoms with E-state index in [1.807, 2.05) is 6.92 Å². The summed E-state index contributed by atoms with van der Waals surface area (Å²) in [6.07, 6.45) is 1.65. The van der Waals surface area contributed by atoms with Gasteiger partial charge in [0.25, 0.3) is 5.91 Å². The maximum atomic E-state index is 12.2. The van der Waals surface area contributed by atoms with Gasteiger partial charge in [0.15, 0.2) is 0 Å². The Morgan fingerprint density at radius 1 is 1.12 bits per heavy atom. The van der Waals surface area contributed by atoms with Gasteiger partial charge in [-0.05, 0) is 48.4 Å². The molecule has 7 heteroatoms. The Hall–Kier alpha value is -3.12. The van der Waals surface area contributed by atoms with Crippen molar-refractivity contribution in [2.24, 2.45) is 0 Å². The van der Waals surface area contributed by atoms with Crippen LogP contribution in [0.25, 0.3) is 11.3 Å². The molecule has 0 bridgehead atoms. The number of carbonyl (C=O) groups is 1. The first-order valence-corrected chi connectivity index (χ1v) is 7.75. The second kappa shape index (κ2) is 6.78. The summed E-state index contributed by atoms with van der Waals surface area (Å²) >= 11 is 5.84.